The Labute approximate surface area is 220 Å². The molecule has 3 amide bonds. The lowest BCUT2D eigenvalue weighted by Gasteiger charge is -2.29. The van der Waals surface area contributed by atoms with Crippen LogP contribution in [0.25, 0.3) is 0 Å². The zero-order chi connectivity index (χ0) is 27.8. The van der Waals surface area contributed by atoms with Crippen molar-refractivity contribution in [1.29, 1.82) is 0 Å². The molecule has 11 nitrogen and oxygen atoms in total. The van der Waals surface area contributed by atoms with E-state index in [0.29, 0.717) is 5.56 Å². The van der Waals surface area contributed by atoms with Crippen molar-refractivity contribution in [3.63, 3.8) is 0 Å². The Hall–Kier alpha value is -3.77. The highest BCUT2D eigenvalue weighted by Crippen LogP contribution is 2.32. The topological polar surface area (TPSA) is 159 Å². The molecule has 2 aliphatic rings. The van der Waals surface area contributed by atoms with Crippen molar-refractivity contribution in [2.45, 2.75) is 69.2 Å². The molecule has 1 fully saturated rings. The summed E-state index contributed by atoms with van der Waals surface area (Å²) in [5, 5.41) is 11.8. The van der Waals surface area contributed by atoms with Crippen molar-refractivity contribution >= 4 is 33.7 Å². The van der Waals surface area contributed by atoms with E-state index in [2.05, 4.69) is 10.0 Å². The number of phenols is 1. The number of ether oxygens (including phenoxy) is 1. The van der Waals surface area contributed by atoms with Crippen LogP contribution in [0.1, 0.15) is 55.1 Å². The van der Waals surface area contributed by atoms with Gasteiger partial charge in [-0.15, -0.1) is 0 Å². The lowest BCUT2D eigenvalue weighted by atomic mass is 10.0. The molecule has 0 saturated carbocycles. The molecule has 2 aromatic rings. The molecule has 38 heavy (non-hydrogen) atoms. The second-order valence-corrected chi connectivity index (χ2v) is 11.9. The number of fused-ring (bicyclic) bond motifs is 1. The van der Waals surface area contributed by atoms with Crippen LogP contribution in [-0.4, -0.2) is 59.8 Å². The first kappa shape index (κ1) is 27.3. The summed E-state index contributed by atoms with van der Waals surface area (Å²) in [7, 11) is -4.35. The molecule has 1 unspecified atom stereocenters. The Bertz CT molecular complexity index is 1400. The van der Waals surface area contributed by atoms with Gasteiger partial charge < -0.3 is 14.7 Å². The number of nitrogens with one attached hydrogen (secondary N) is 2. The molecule has 2 atom stereocenters. The second-order valence-electron chi connectivity index (χ2n) is 10.3. The maximum atomic E-state index is 13.6. The van der Waals surface area contributed by atoms with Crippen molar-refractivity contribution in [2.24, 2.45) is 0 Å². The molecule has 3 N–H and O–H groups in total. The van der Waals surface area contributed by atoms with Gasteiger partial charge in [-0.1, -0.05) is 18.2 Å². The van der Waals surface area contributed by atoms with E-state index in [1.54, 1.807) is 32.9 Å². The molecule has 2 aliphatic heterocycles. The predicted molar refractivity (Wildman–Crippen MR) is 134 cm³/mol. The van der Waals surface area contributed by atoms with Gasteiger partial charge in [-0.2, -0.15) is 4.72 Å². The monoisotopic (exact) mass is 543 g/mol. The van der Waals surface area contributed by atoms with E-state index in [1.807, 2.05) is 0 Å². The van der Waals surface area contributed by atoms with Crippen molar-refractivity contribution in [3.8, 4) is 5.75 Å². The highest BCUT2D eigenvalue weighted by molar-refractivity contribution is 7.89. The van der Waals surface area contributed by atoms with Gasteiger partial charge in [0.15, 0.2) is 0 Å². The summed E-state index contributed by atoms with van der Waals surface area (Å²) < 4.78 is 35.1. The number of carbonyl (C=O) groups excluding carboxylic acids is 4. The number of phenolic OH excluding ortho intramolecular Hbond substituents is 1. The molecule has 0 bridgehead atoms. The first-order valence-corrected chi connectivity index (χ1v) is 13.5. The Kier molecular flexibility index (Phi) is 7.31. The highest BCUT2D eigenvalue weighted by atomic mass is 32.2. The average Bonchev–Trinajstić information content (AvgIpc) is 3.15. The minimum atomic E-state index is -4.35. The molecular formula is C26H29N3O8S. The molecule has 202 valence electrons. The number of esters is 1. The van der Waals surface area contributed by atoms with E-state index in [4.69, 9.17) is 4.74 Å². The number of benzene rings is 2. The van der Waals surface area contributed by atoms with Gasteiger partial charge in [-0.05, 0) is 63.4 Å². The minimum absolute atomic E-state index is 0.0215. The third-order valence-corrected chi connectivity index (χ3v) is 7.75. The largest absolute Gasteiger partial charge is 0.508 e. The Balaban J connectivity index is 1.63. The molecule has 0 aromatic heterocycles. The number of carbonyl (C=O) groups is 4. The van der Waals surface area contributed by atoms with Crippen molar-refractivity contribution in [3.05, 3.63) is 59.2 Å². The summed E-state index contributed by atoms with van der Waals surface area (Å²) in [5.41, 5.74) is 0.0320. The zero-order valence-corrected chi connectivity index (χ0v) is 22.0. The Morgan fingerprint density at radius 2 is 1.84 bits per heavy atom. The van der Waals surface area contributed by atoms with Crippen molar-refractivity contribution < 1.29 is 37.4 Å². The lowest BCUT2D eigenvalue weighted by molar-refractivity contribution is -0.157. The van der Waals surface area contributed by atoms with E-state index < -0.39 is 51.4 Å². The second kappa shape index (κ2) is 10.2. The quantitative estimate of drug-likeness (QED) is 0.349. The van der Waals surface area contributed by atoms with Crippen LogP contribution in [0.5, 0.6) is 5.75 Å². The van der Waals surface area contributed by atoms with Crippen molar-refractivity contribution in [2.75, 3.05) is 0 Å². The van der Waals surface area contributed by atoms with Crippen LogP contribution < -0.4 is 10.0 Å². The number of imide groups is 1. The zero-order valence-electron chi connectivity index (χ0n) is 21.2. The summed E-state index contributed by atoms with van der Waals surface area (Å²) in [6, 6.07) is 8.00. The Morgan fingerprint density at radius 1 is 1.16 bits per heavy atom. The molecule has 2 aromatic carbocycles. The van der Waals surface area contributed by atoms with Crippen LogP contribution in [0.2, 0.25) is 0 Å². The van der Waals surface area contributed by atoms with Gasteiger partial charge in [-0.3, -0.25) is 24.5 Å². The van der Waals surface area contributed by atoms with Gasteiger partial charge in [0.1, 0.15) is 23.4 Å². The fourth-order valence-electron chi connectivity index (χ4n) is 4.47. The maximum absolute atomic E-state index is 13.6. The standard InChI is InChI=1S/C26H29N3O8S/c1-26(2,3)37-25(34)19(13-15-7-9-16(30)10-8-15)28-38(35,36)21-6-4-5-17-18(21)14-29(24(17)33)20-11-12-22(31)27-23(20)32/h4-10,19-20,28,30H,11-14H2,1-3H3,(H,27,31,32)/t19-,20?/m0/s1. The third-order valence-electron chi connectivity index (χ3n) is 6.19. The summed E-state index contributed by atoms with van der Waals surface area (Å²) in [5.74, 6) is -2.32. The number of piperidine rings is 1. The summed E-state index contributed by atoms with van der Waals surface area (Å²) in [4.78, 5) is 51.1. The maximum Gasteiger partial charge on any atom is 0.325 e. The smallest absolute Gasteiger partial charge is 0.325 e. The van der Waals surface area contributed by atoms with Crippen LogP contribution in [0.4, 0.5) is 0 Å². The number of amides is 3. The molecule has 0 radical (unpaired) electrons. The number of sulfonamides is 1. The number of nitrogens with zero attached hydrogens (tertiary/aromatic N) is 1. The average molecular weight is 544 g/mol. The highest BCUT2D eigenvalue weighted by Gasteiger charge is 2.41. The first-order valence-electron chi connectivity index (χ1n) is 12.0. The first-order chi connectivity index (χ1) is 17.7. The van der Waals surface area contributed by atoms with Gasteiger partial charge in [-0.25, -0.2) is 8.42 Å². The van der Waals surface area contributed by atoms with Gasteiger partial charge in [0, 0.05) is 24.1 Å². The van der Waals surface area contributed by atoms with E-state index in [0.717, 1.165) is 0 Å². The lowest BCUT2D eigenvalue weighted by Crippen LogP contribution is -2.52. The number of hydrogen-bond donors (Lipinski definition) is 3. The molecule has 4 rings (SSSR count). The fraction of sp³-hybridized carbons (Fsp3) is 0.385. The SMILES string of the molecule is CC(C)(C)OC(=O)[C@H](Cc1ccc(O)cc1)NS(=O)(=O)c1cccc2c1CN(C1CCC(=O)NC1=O)C2=O. The molecular weight excluding hydrogens is 514 g/mol. The van der Waals surface area contributed by atoms with E-state index >= 15 is 0 Å². The van der Waals surface area contributed by atoms with Crippen LogP contribution in [-0.2, 0) is 42.1 Å². The molecule has 2 heterocycles. The van der Waals surface area contributed by atoms with Gasteiger partial charge in [0.25, 0.3) is 5.91 Å². The summed E-state index contributed by atoms with van der Waals surface area (Å²) >= 11 is 0. The van der Waals surface area contributed by atoms with E-state index in [9.17, 15) is 32.7 Å². The summed E-state index contributed by atoms with van der Waals surface area (Å²) in [6.45, 7) is 4.84. The Morgan fingerprint density at radius 3 is 2.47 bits per heavy atom. The predicted octanol–water partition coefficient (Wildman–Crippen LogP) is 1.38. The minimum Gasteiger partial charge on any atom is -0.508 e. The third kappa shape index (κ3) is 5.86. The van der Waals surface area contributed by atoms with E-state index in [-0.39, 0.29) is 47.6 Å². The van der Waals surface area contributed by atoms with Crippen LogP contribution in [0.15, 0.2) is 47.4 Å². The molecule has 0 spiro atoms. The normalized spacial score (nSPS) is 18.7. The number of rotatable bonds is 7. The van der Waals surface area contributed by atoms with Crippen LogP contribution in [0, 0.1) is 0 Å². The fourth-order valence-corrected chi connectivity index (χ4v) is 5.91. The summed E-state index contributed by atoms with van der Waals surface area (Å²) in [6.07, 6.45) is 0.154. The van der Waals surface area contributed by atoms with Crippen molar-refractivity contribution in [1.82, 2.24) is 14.9 Å². The van der Waals surface area contributed by atoms with Gasteiger partial charge in [0.05, 0.1) is 4.90 Å². The van der Waals surface area contributed by atoms with Gasteiger partial charge in [0.2, 0.25) is 21.8 Å². The molecule has 12 heteroatoms. The molecule has 0 aliphatic carbocycles. The van der Waals surface area contributed by atoms with Crippen LogP contribution >= 0.6 is 0 Å². The number of hydrogen-bond acceptors (Lipinski definition) is 8. The molecule has 1 saturated heterocycles. The van der Waals surface area contributed by atoms with Gasteiger partial charge >= 0.3 is 5.97 Å². The van der Waals surface area contributed by atoms with Crippen LogP contribution in [0.3, 0.4) is 0 Å². The van der Waals surface area contributed by atoms with E-state index in [1.165, 1.54) is 35.2 Å². The number of aromatic hydroxyl groups is 1.